The molecule has 28 heavy (non-hydrogen) atoms. The highest BCUT2D eigenvalue weighted by atomic mass is 35.5. The fourth-order valence-electron chi connectivity index (χ4n) is 3.42. The molecule has 0 bridgehead atoms. The Hall–Kier alpha value is -3.11. The highest BCUT2D eigenvalue weighted by molar-refractivity contribution is 6.30. The summed E-state index contributed by atoms with van der Waals surface area (Å²) in [6.45, 7) is 1.21. The molecule has 0 radical (unpaired) electrons. The van der Waals surface area contributed by atoms with Crippen molar-refractivity contribution in [3.63, 3.8) is 0 Å². The third-order valence-corrected chi connectivity index (χ3v) is 5.19. The highest BCUT2D eigenvalue weighted by Gasteiger charge is 2.41. The van der Waals surface area contributed by atoms with Gasteiger partial charge >= 0.3 is 0 Å². The van der Waals surface area contributed by atoms with E-state index >= 15 is 0 Å². The van der Waals surface area contributed by atoms with Crippen LogP contribution in [0.1, 0.15) is 12.0 Å². The van der Waals surface area contributed by atoms with Gasteiger partial charge in [0.05, 0.1) is 19.0 Å². The molecule has 4 rings (SSSR count). The molecule has 0 spiro atoms. The molecule has 1 unspecified atom stereocenters. The number of aromatic nitrogens is 1. The van der Waals surface area contributed by atoms with E-state index in [9.17, 15) is 9.59 Å². The Kier molecular flexibility index (Phi) is 4.88. The molecule has 0 aliphatic carbocycles. The van der Waals surface area contributed by atoms with Crippen LogP contribution in [0.2, 0.25) is 5.02 Å². The van der Waals surface area contributed by atoms with Gasteiger partial charge in [0.2, 0.25) is 17.7 Å². The molecule has 8 heteroatoms. The number of nitriles is 1. The van der Waals surface area contributed by atoms with E-state index in [1.807, 2.05) is 6.07 Å². The molecule has 2 aliphatic heterocycles. The Morgan fingerprint density at radius 1 is 1.21 bits per heavy atom. The average Bonchev–Trinajstić information content (AvgIpc) is 3.06. The number of hydrogen-bond acceptors (Lipinski definition) is 5. The van der Waals surface area contributed by atoms with Crippen molar-refractivity contribution in [2.24, 2.45) is 5.92 Å². The SMILES string of the molecule is N#Cc1cccnc1OC1CN(C(=O)C2CC(=O)N(c3ccc(Cl)cc3)C2)C1. The second kappa shape index (κ2) is 7.49. The predicted molar refractivity (Wildman–Crippen MR) is 102 cm³/mol. The molecule has 0 N–H and O–H groups in total. The number of amides is 2. The van der Waals surface area contributed by atoms with Crippen molar-refractivity contribution < 1.29 is 14.3 Å². The van der Waals surface area contributed by atoms with Gasteiger partial charge in [-0.25, -0.2) is 4.98 Å². The lowest BCUT2D eigenvalue weighted by molar-refractivity contribution is -0.144. The van der Waals surface area contributed by atoms with Crippen LogP contribution in [0, 0.1) is 17.2 Å². The summed E-state index contributed by atoms with van der Waals surface area (Å²) < 4.78 is 5.72. The summed E-state index contributed by atoms with van der Waals surface area (Å²) in [5.74, 6) is -0.201. The summed E-state index contributed by atoms with van der Waals surface area (Å²) >= 11 is 5.89. The first-order valence-corrected chi connectivity index (χ1v) is 9.29. The van der Waals surface area contributed by atoms with Crippen molar-refractivity contribution in [3.05, 3.63) is 53.2 Å². The summed E-state index contributed by atoms with van der Waals surface area (Å²) in [6.07, 6.45) is 1.56. The number of ether oxygens (including phenoxy) is 1. The van der Waals surface area contributed by atoms with Crippen molar-refractivity contribution in [3.8, 4) is 11.9 Å². The molecule has 1 aromatic heterocycles. The van der Waals surface area contributed by atoms with Gasteiger partial charge in [-0.2, -0.15) is 5.26 Å². The summed E-state index contributed by atoms with van der Waals surface area (Å²) in [6, 6.07) is 12.4. The first kappa shape index (κ1) is 18.3. The zero-order valence-electron chi connectivity index (χ0n) is 14.9. The molecule has 2 saturated heterocycles. The number of benzene rings is 1. The number of pyridine rings is 1. The monoisotopic (exact) mass is 396 g/mol. The second-order valence-electron chi connectivity index (χ2n) is 6.83. The van der Waals surface area contributed by atoms with Crippen LogP contribution in [0.3, 0.4) is 0 Å². The molecule has 1 atom stereocenters. The number of hydrogen-bond donors (Lipinski definition) is 0. The molecule has 2 amide bonds. The maximum atomic E-state index is 12.7. The minimum atomic E-state index is -0.367. The van der Waals surface area contributed by atoms with Crippen molar-refractivity contribution in [2.45, 2.75) is 12.5 Å². The standard InChI is InChI=1S/C20H17ClN4O3/c21-15-3-5-16(6-4-15)25-10-14(8-18(25)26)20(27)24-11-17(12-24)28-19-13(9-22)2-1-7-23-19/h1-7,14,17H,8,10-12H2. The van der Waals surface area contributed by atoms with Gasteiger partial charge in [0.1, 0.15) is 17.7 Å². The van der Waals surface area contributed by atoms with Crippen LogP contribution in [0.4, 0.5) is 5.69 Å². The zero-order chi connectivity index (χ0) is 19.7. The van der Waals surface area contributed by atoms with Gasteiger partial charge in [0.25, 0.3) is 0 Å². The van der Waals surface area contributed by atoms with E-state index in [1.165, 1.54) is 0 Å². The van der Waals surface area contributed by atoms with E-state index in [0.717, 1.165) is 5.69 Å². The van der Waals surface area contributed by atoms with Crippen LogP contribution in [0.15, 0.2) is 42.6 Å². The topological polar surface area (TPSA) is 86.5 Å². The maximum absolute atomic E-state index is 12.7. The summed E-state index contributed by atoms with van der Waals surface area (Å²) in [5, 5.41) is 9.69. The van der Waals surface area contributed by atoms with Gasteiger partial charge in [0, 0.05) is 29.9 Å². The lowest BCUT2D eigenvalue weighted by Gasteiger charge is -2.39. The number of carbonyl (C=O) groups is 2. The smallest absolute Gasteiger partial charge is 0.232 e. The van der Waals surface area contributed by atoms with Crippen molar-refractivity contribution in [2.75, 3.05) is 24.5 Å². The van der Waals surface area contributed by atoms with E-state index in [1.54, 1.807) is 52.4 Å². The molecule has 2 aliphatic rings. The highest BCUT2D eigenvalue weighted by Crippen LogP contribution is 2.29. The molecule has 0 saturated carbocycles. The minimum absolute atomic E-state index is 0.0498. The fraction of sp³-hybridized carbons (Fsp3) is 0.300. The maximum Gasteiger partial charge on any atom is 0.232 e. The molecule has 142 valence electrons. The van der Waals surface area contributed by atoms with Crippen LogP contribution in [0.25, 0.3) is 0 Å². The third-order valence-electron chi connectivity index (χ3n) is 4.94. The van der Waals surface area contributed by atoms with E-state index in [4.69, 9.17) is 21.6 Å². The van der Waals surface area contributed by atoms with Crippen molar-refractivity contribution >= 4 is 29.1 Å². The number of anilines is 1. The summed E-state index contributed by atoms with van der Waals surface area (Å²) in [5.41, 5.74) is 1.11. The predicted octanol–water partition coefficient (Wildman–Crippen LogP) is 2.25. The Balaban J connectivity index is 1.33. The molecule has 3 heterocycles. The lowest BCUT2D eigenvalue weighted by Crippen LogP contribution is -2.58. The van der Waals surface area contributed by atoms with Gasteiger partial charge < -0.3 is 14.5 Å². The lowest BCUT2D eigenvalue weighted by atomic mass is 10.0. The normalized spacial score (nSPS) is 19.3. The van der Waals surface area contributed by atoms with Crippen molar-refractivity contribution in [1.29, 1.82) is 5.26 Å². The number of halogens is 1. The van der Waals surface area contributed by atoms with E-state index < -0.39 is 0 Å². The molecule has 2 aromatic rings. The fourth-order valence-corrected chi connectivity index (χ4v) is 3.55. The quantitative estimate of drug-likeness (QED) is 0.791. The average molecular weight is 397 g/mol. The molecule has 7 nitrogen and oxygen atoms in total. The minimum Gasteiger partial charge on any atom is -0.470 e. The number of likely N-dealkylation sites (tertiary alicyclic amines) is 1. The molecular weight excluding hydrogens is 380 g/mol. The van der Waals surface area contributed by atoms with Crippen LogP contribution in [0.5, 0.6) is 5.88 Å². The van der Waals surface area contributed by atoms with Gasteiger partial charge in [-0.15, -0.1) is 0 Å². The van der Waals surface area contributed by atoms with E-state index in [2.05, 4.69) is 4.98 Å². The Morgan fingerprint density at radius 3 is 2.68 bits per heavy atom. The largest absolute Gasteiger partial charge is 0.470 e. The summed E-state index contributed by atoms with van der Waals surface area (Å²) in [7, 11) is 0. The number of rotatable bonds is 4. The van der Waals surface area contributed by atoms with E-state index in [-0.39, 0.29) is 36.1 Å². The van der Waals surface area contributed by atoms with Crippen LogP contribution < -0.4 is 9.64 Å². The number of nitrogens with zero attached hydrogens (tertiary/aromatic N) is 4. The van der Waals surface area contributed by atoms with Gasteiger partial charge in [-0.3, -0.25) is 9.59 Å². The Labute approximate surface area is 167 Å². The van der Waals surface area contributed by atoms with Gasteiger partial charge in [-0.05, 0) is 36.4 Å². The van der Waals surface area contributed by atoms with Crippen LogP contribution in [-0.4, -0.2) is 47.4 Å². The van der Waals surface area contributed by atoms with Gasteiger partial charge in [-0.1, -0.05) is 11.6 Å². The van der Waals surface area contributed by atoms with Gasteiger partial charge in [0.15, 0.2) is 0 Å². The molecular formula is C20H17ClN4O3. The Morgan fingerprint density at radius 2 is 1.96 bits per heavy atom. The Bertz CT molecular complexity index is 951. The second-order valence-corrected chi connectivity index (χ2v) is 7.27. The van der Waals surface area contributed by atoms with E-state index in [0.29, 0.717) is 30.2 Å². The van der Waals surface area contributed by atoms with Crippen LogP contribution >= 0.6 is 11.6 Å². The summed E-state index contributed by atoms with van der Waals surface area (Å²) in [4.78, 5) is 32.4. The first-order valence-electron chi connectivity index (χ1n) is 8.91. The first-order chi connectivity index (χ1) is 13.5. The van der Waals surface area contributed by atoms with Crippen LogP contribution in [-0.2, 0) is 9.59 Å². The third kappa shape index (κ3) is 3.51. The van der Waals surface area contributed by atoms with Crippen molar-refractivity contribution in [1.82, 2.24) is 9.88 Å². The number of carbonyl (C=O) groups excluding carboxylic acids is 2. The molecule has 2 fully saturated rings. The molecule has 1 aromatic carbocycles. The zero-order valence-corrected chi connectivity index (χ0v) is 15.7.